The zero-order valence-electron chi connectivity index (χ0n) is 17.9. The van der Waals surface area contributed by atoms with E-state index in [0.29, 0.717) is 18.0 Å². The van der Waals surface area contributed by atoms with Crippen LogP contribution in [0.5, 0.6) is 0 Å². The number of aliphatic imine (C=N–C) groups is 1. The topological polar surface area (TPSA) is 42.9 Å². The molecule has 0 radical (unpaired) electrons. The van der Waals surface area contributed by atoms with Crippen molar-refractivity contribution >= 4 is 5.96 Å². The number of rotatable bonds is 7. The van der Waals surface area contributed by atoms with Gasteiger partial charge in [-0.3, -0.25) is 9.89 Å². The quantitative estimate of drug-likeness (QED) is 0.538. The standard InChI is InChI=1S/C21H43N5/c1-6-11-25-12-9-19(10-13-25)24-21(22-5)23-16-20(17(2)3)26-14-7-18(4)8-15-26/h17-20H,6-16H2,1-5H3,(H2,22,23,24). The number of nitrogens with one attached hydrogen (secondary N) is 2. The fourth-order valence-corrected chi connectivity index (χ4v) is 4.35. The summed E-state index contributed by atoms with van der Waals surface area (Å²) in [5.74, 6) is 2.53. The Morgan fingerprint density at radius 2 is 1.73 bits per heavy atom. The number of likely N-dealkylation sites (tertiary alicyclic amines) is 2. The van der Waals surface area contributed by atoms with Gasteiger partial charge in [0.25, 0.3) is 0 Å². The first-order valence-electron chi connectivity index (χ1n) is 11.0. The highest BCUT2D eigenvalue weighted by atomic mass is 15.2. The van der Waals surface area contributed by atoms with Crippen LogP contribution in [-0.2, 0) is 0 Å². The lowest BCUT2D eigenvalue weighted by Crippen LogP contribution is -2.53. The number of piperidine rings is 2. The van der Waals surface area contributed by atoms with Crippen LogP contribution in [0.1, 0.15) is 59.8 Å². The van der Waals surface area contributed by atoms with Crippen LogP contribution in [0.3, 0.4) is 0 Å². The summed E-state index contributed by atoms with van der Waals surface area (Å²) in [6, 6.07) is 1.15. The highest BCUT2D eigenvalue weighted by Crippen LogP contribution is 2.21. The van der Waals surface area contributed by atoms with Crippen molar-refractivity contribution in [1.29, 1.82) is 0 Å². The van der Waals surface area contributed by atoms with Crippen molar-refractivity contribution in [3.05, 3.63) is 0 Å². The lowest BCUT2D eigenvalue weighted by atomic mass is 9.94. The molecule has 0 aromatic carbocycles. The minimum absolute atomic E-state index is 0.558. The second-order valence-electron chi connectivity index (χ2n) is 8.74. The smallest absolute Gasteiger partial charge is 0.191 e. The summed E-state index contributed by atoms with van der Waals surface area (Å²) in [4.78, 5) is 9.76. The molecule has 2 saturated heterocycles. The van der Waals surface area contributed by atoms with Gasteiger partial charge in [0.15, 0.2) is 5.96 Å². The maximum atomic E-state index is 4.49. The van der Waals surface area contributed by atoms with E-state index in [-0.39, 0.29) is 0 Å². The minimum atomic E-state index is 0.558. The molecular weight excluding hydrogens is 322 g/mol. The predicted octanol–water partition coefficient (Wildman–Crippen LogP) is 2.78. The molecule has 2 aliphatic heterocycles. The van der Waals surface area contributed by atoms with Gasteiger partial charge in [-0.1, -0.05) is 27.7 Å². The van der Waals surface area contributed by atoms with Crippen LogP contribution >= 0.6 is 0 Å². The van der Waals surface area contributed by atoms with Gasteiger partial charge in [-0.15, -0.1) is 0 Å². The summed E-state index contributed by atoms with van der Waals surface area (Å²) in [7, 11) is 1.90. The molecule has 0 amide bonds. The van der Waals surface area contributed by atoms with E-state index in [2.05, 4.69) is 53.1 Å². The maximum absolute atomic E-state index is 4.49. The molecule has 5 nitrogen and oxygen atoms in total. The highest BCUT2D eigenvalue weighted by molar-refractivity contribution is 5.80. The summed E-state index contributed by atoms with van der Waals surface area (Å²) >= 11 is 0. The summed E-state index contributed by atoms with van der Waals surface area (Å²) in [6.45, 7) is 16.5. The normalized spacial score (nSPS) is 23.4. The third-order valence-electron chi connectivity index (χ3n) is 6.23. The van der Waals surface area contributed by atoms with Crippen LogP contribution in [0.2, 0.25) is 0 Å². The van der Waals surface area contributed by atoms with E-state index in [0.717, 1.165) is 18.4 Å². The second kappa shape index (κ2) is 11.1. The van der Waals surface area contributed by atoms with Crippen molar-refractivity contribution < 1.29 is 0 Å². The van der Waals surface area contributed by atoms with Crippen LogP contribution in [-0.4, -0.2) is 74.2 Å². The molecule has 152 valence electrons. The van der Waals surface area contributed by atoms with Gasteiger partial charge in [0.05, 0.1) is 0 Å². The minimum Gasteiger partial charge on any atom is -0.355 e. The summed E-state index contributed by atoms with van der Waals surface area (Å²) in [6.07, 6.45) is 6.38. The van der Waals surface area contributed by atoms with Crippen LogP contribution in [0.25, 0.3) is 0 Å². The summed E-state index contributed by atoms with van der Waals surface area (Å²) < 4.78 is 0. The molecule has 1 unspecified atom stereocenters. The monoisotopic (exact) mass is 365 g/mol. The molecule has 0 aromatic rings. The Labute approximate surface area is 162 Å². The lowest BCUT2D eigenvalue weighted by molar-refractivity contribution is 0.110. The third-order valence-corrected chi connectivity index (χ3v) is 6.23. The molecule has 0 bridgehead atoms. The van der Waals surface area contributed by atoms with E-state index >= 15 is 0 Å². The lowest BCUT2D eigenvalue weighted by Gasteiger charge is -2.39. The first kappa shape index (κ1) is 21.5. The van der Waals surface area contributed by atoms with E-state index in [1.165, 1.54) is 64.8 Å². The van der Waals surface area contributed by atoms with Gasteiger partial charge in [0, 0.05) is 38.8 Å². The van der Waals surface area contributed by atoms with Gasteiger partial charge < -0.3 is 15.5 Å². The molecular formula is C21H43N5. The molecule has 26 heavy (non-hydrogen) atoms. The third kappa shape index (κ3) is 6.73. The SMILES string of the molecule is CCCN1CCC(NC(=NC)NCC(C(C)C)N2CCC(C)CC2)CC1. The molecule has 2 heterocycles. The number of hydrogen-bond donors (Lipinski definition) is 2. The molecule has 2 aliphatic rings. The molecule has 0 spiro atoms. The maximum Gasteiger partial charge on any atom is 0.191 e. The Morgan fingerprint density at radius 3 is 2.27 bits per heavy atom. The van der Waals surface area contributed by atoms with Crippen LogP contribution in [0.15, 0.2) is 4.99 Å². The van der Waals surface area contributed by atoms with Crippen LogP contribution < -0.4 is 10.6 Å². The van der Waals surface area contributed by atoms with Crippen LogP contribution in [0.4, 0.5) is 0 Å². The Morgan fingerprint density at radius 1 is 1.08 bits per heavy atom. The van der Waals surface area contributed by atoms with Crippen molar-refractivity contribution in [3.63, 3.8) is 0 Å². The molecule has 2 N–H and O–H groups in total. The van der Waals surface area contributed by atoms with Crippen molar-refractivity contribution in [2.45, 2.75) is 71.9 Å². The van der Waals surface area contributed by atoms with Crippen molar-refractivity contribution in [2.75, 3.05) is 46.3 Å². The number of nitrogens with zero attached hydrogens (tertiary/aromatic N) is 3. The molecule has 0 saturated carbocycles. The van der Waals surface area contributed by atoms with E-state index in [9.17, 15) is 0 Å². The van der Waals surface area contributed by atoms with E-state index in [1.807, 2.05) is 7.05 Å². The Hall–Kier alpha value is -0.810. The van der Waals surface area contributed by atoms with E-state index in [1.54, 1.807) is 0 Å². The second-order valence-corrected chi connectivity index (χ2v) is 8.74. The van der Waals surface area contributed by atoms with Crippen molar-refractivity contribution in [2.24, 2.45) is 16.8 Å². The number of guanidine groups is 1. The van der Waals surface area contributed by atoms with Gasteiger partial charge in [-0.25, -0.2) is 0 Å². The molecule has 0 aliphatic carbocycles. The highest BCUT2D eigenvalue weighted by Gasteiger charge is 2.26. The fourth-order valence-electron chi connectivity index (χ4n) is 4.35. The Bertz CT molecular complexity index is 407. The average molecular weight is 366 g/mol. The fraction of sp³-hybridized carbons (Fsp3) is 0.952. The largest absolute Gasteiger partial charge is 0.355 e. The van der Waals surface area contributed by atoms with Gasteiger partial charge in [0.2, 0.25) is 0 Å². The molecule has 2 fully saturated rings. The number of hydrogen-bond acceptors (Lipinski definition) is 3. The van der Waals surface area contributed by atoms with Gasteiger partial charge in [0.1, 0.15) is 0 Å². The Kier molecular flexibility index (Phi) is 9.20. The van der Waals surface area contributed by atoms with E-state index in [4.69, 9.17) is 0 Å². The van der Waals surface area contributed by atoms with Crippen LogP contribution in [0, 0.1) is 11.8 Å². The molecule has 5 heteroatoms. The molecule has 0 aromatic heterocycles. The Balaban J connectivity index is 1.77. The molecule has 1 atom stereocenters. The zero-order valence-corrected chi connectivity index (χ0v) is 17.9. The first-order valence-corrected chi connectivity index (χ1v) is 11.0. The van der Waals surface area contributed by atoms with Crippen molar-refractivity contribution in [1.82, 2.24) is 20.4 Å². The first-order chi connectivity index (χ1) is 12.5. The van der Waals surface area contributed by atoms with E-state index < -0.39 is 0 Å². The summed E-state index contributed by atoms with van der Waals surface area (Å²) in [5.41, 5.74) is 0. The predicted molar refractivity (Wildman–Crippen MR) is 113 cm³/mol. The summed E-state index contributed by atoms with van der Waals surface area (Å²) in [5, 5.41) is 7.29. The average Bonchev–Trinajstić information content (AvgIpc) is 2.63. The van der Waals surface area contributed by atoms with Gasteiger partial charge in [-0.05, 0) is 63.6 Å². The molecule has 2 rings (SSSR count). The van der Waals surface area contributed by atoms with Gasteiger partial charge in [-0.2, -0.15) is 0 Å². The van der Waals surface area contributed by atoms with Gasteiger partial charge >= 0.3 is 0 Å². The zero-order chi connectivity index (χ0) is 18.9. The van der Waals surface area contributed by atoms with Crippen molar-refractivity contribution in [3.8, 4) is 0 Å².